The molecule has 3 heteroatoms. The Hall–Kier alpha value is 0.0600. The molecule has 2 rings (SSSR count). The summed E-state index contributed by atoms with van der Waals surface area (Å²) in [6.07, 6.45) is 11.0. The molecule has 0 bridgehead atoms. The average molecular weight is 330 g/mol. The van der Waals surface area contributed by atoms with Crippen molar-refractivity contribution in [3.8, 4) is 0 Å². The van der Waals surface area contributed by atoms with Crippen molar-refractivity contribution in [2.24, 2.45) is 11.3 Å². The van der Waals surface area contributed by atoms with E-state index in [1.54, 1.807) is 0 Å². The monoisotopic (exact) mass is 330 g/mol. The van der Waals surface area contributed by atoms with Crippen LogP contribution in [-0.4, -0.2) is 30.3 Å². The van der Waals surface area contributed by atoms with Gasteiger partial charge in [-0.25, -0.2) is 0 Å². The van der Waals surface area contributed by atoms with E-state index in [0.717, 1.165) is 53.0 Å². The van der Waals surface area contributed by atoms with Crippen molar-refractivity contribution in [3.05, 3.63) is 0 Å². The van der Waals surface area contributed by atoms with Gasteiger partial charge in [0.1, 0.15) is 5.78 Å². The minimum absolute atomic E-state index is 0.000347. The third-order valence-electron chi connectivity index (χ3n) is 5.26. The molecule has 0 amide bonds. The molecule has 0 radical (unpaired) electrons. The minimum Gasteiger partial charge on any atom is -0.393 e. The number of Topliss-reactive ketones (excluding diaryl/α,β-unsaturated/α-hetero) is 1. The fraction of sp³-hybridized carbons (Fsp3) is 0.947. The molecule has 2 aliphatic carbocycles. The third kappa shape index (κ3) is 9.95. The van der Waals surface area contributed by atoms with Crippen LogP contribution in [0.5, 0.6) is 0 Å². The predicted octanol–water partition coefficient (Wildman–Crippen LogP) is 5.42. The van der Waals surface area contributed by atoms with Crippen molar-refractivity contribution in [1.29, 1.82) is 0 Å². The summed E-state index contributed by atoms with van der Waals surface area (Å²) in [6, 6.07) is 0. The molecule has 0 aromatic rings. The number of hydrogen-bond acceptors (Lipinski definition) is 2. The van der Waals surface area contributed by atoms with E-state index in [0.29, 0.717) is 11.2 Å². The fourth-order valence-electron chi connectivity index (χ4n) is 3.06. The first-order valence-corrected chi connectivity index (χ1v) is 11.2. The van der Waals surface area contributed by atoms with Crippen molar-refractivity contribution in [2.75, 3.05) is 13.3 Å². The summed E-state index contributed by atoms with van der Waals surface area (Å²) >= 11 is 0. The smallest absolute Gasteiger partial charge is 0.132 e. The van der Waals surface area contributed by atoms with Gasteiger partial charge >= 0.3 is 0 Å². The van der Waals surface area contributed by atoms with Crippen LogP contribution >= 0.6 is 8.58 Å². The molecular formula is C19H39O2P. The van der Waals surface area contributed by atoms with Gasteiger partial charge in [0.15, 0.2) is 0 Å². The van der Waals surface area contributed by atoms with Gasteiger partial charge in [-0.3, -0.25) is 4.79 Å². The van der Waals surface area contributed by atoms with E-state index in [2.05, 4.69) is 34.1 Å². The maximum atomic E-state index is 10.7. The summed E-state index contributed by atoms with van der Waals surface area (Å²) < 4.78 is 0. The van der Waals surface area contributed by atoms with Crippen molar-refractivity contribution >= 4 is 14.4 Å². The lowest BCUT2D eigenvalue weighted by molar-refractivity contribution is -0.121. The first-order valence-electron chi connectivity index (χ1n) is 9.19. The second kappa shape index (κ2) is 12.5. The molecule has 0 aromatic carbocycles. The zero-order chi connectivity index (χ0) is 17.0. The topological polar surface area (TPSA) is 37.3 Å². The van der Waals surface area contributed by atoms with Gasteiger partial charge in [-0.2, -0.15) is 0 Å². The molecule has 0 saturated heterocycles. The standard InChI is InChI=1S/C9H18O.C8H14O.C2H7P/c1-3-9(2)6-4-8(10)5-7-9;1-2-7-3-5-8(9)6-4-7;1-3-2/h8,10H,3-7H2,1-2H3;7H,2-6H2,1H3;3H,1-2H3. The molecule has 0 atom stereocenters. The third-order valence-corrected chi connectivity index (χ3v) is 5.26. The molecule has 22 heavy (non-hydrogen) atoms. The normalized spacial score (nSPS) is 29.0. The number of rotatable bonds is 2. The molecule has 0 aliphatic heterocycles. The van der Waals surface area contributed by atoms with Crippen LogP contribution in [-0.2, 0) is 4.79 Å². The second-order valence-electron chi connectivity index (χ2n) is 7.29. The summed E-state index contributed by atoms with van der Waals surface area (Å²) in [7, 11) is 1.08. The summed E-state index contributed by atoms with van der Waals surface area (Å²) in [5.74, 6) is 1.32. The Balaban J connectivity index is 0.000000342. The van der Waals surface area contributed by atoms with Gasteiger partial charge in [0.2, 0.25) is 0 Å². The van der Waals surface area contributed by atoms with Crippen LogP contribution in [0.2, 0.25) is 0 Å². The SMILES string of the molecule is CCC1(C)CCC(O)CC1.CCC1CCC(=O)CC1.CPC. The van der Waals surface area contributed by atoms with E-state index < -0.39 is 0 Å². The highest BCUT2D eigenvalue weighted by atomic mass is 31.1. The van der Waals surface area contributed by atoms with Crippen LogP contribution in [0.25, 0.3) is 0 Å². The summed E-state index contributed by atoms with van der Waals surface area (Å²) in [4.78, 5) is 10.7. The molecule has 0 unspecified atom stereocenters. The number of carbonyl (C=O) groups is 1. The number of aliphatic hydroxyl groups excluding tert-OH is 1. The predicted molar refractivity (Wildman–Crippen MR) is 100 cm³/mol. The number of carbonyl (C=O) groups excluding carboxylic acids is 1. The molecule has 0 spiro atoms. The summed E-state index contributed by atoms with van der Waals surface area (Å²) in [5, 5.41) is 9.24. The van der Waals surface area contributed by atoms with Gasteiger partial charge in [-0.05, 0) is 63.2 Å². The van der Waals surface area contributed by atoms with Gasteiger partial charge in [0.05, 0.1) is 6.10 Å². The van der Waals surface area contributed by atoms with E-state index in [4.69, 9.17) is 0 Å². The van der Waals surface area contributed by atoms with Gasteiger partial charge in [0, 0.05) is 12.8 Å². The minimum atomic E-state index is -0.000347. The Morgan fingerprint density at radius 3 is 1.91 bits per heavy atom. The van der Waals surface area contributed by atoms with E-state index in [-0.39, 0.29) is 6.10 Å². The largest absolute Gasteiger partial charge is 0.393 e. The molecule has 132 valence electrons. The zero-order valence-electron chi connectivity index (χ0n) is 15.6. The Morgan fingerprint density at radius 1 is 1.09 bits per heavy atom. The molecule has 2 fully saturated rings. The average Bonchev–Trinajstić information content (AvgIpc) is 2.53. The van der Waals surface area contributed by atoms with Crippen molar-refractivity contribution in [2.45, 2.75) is 91.1 Å². The van der Waals surface area contributed by atoms with Crippen LogP contribution < -0.4 is 0 Å². The first kappa shape index (κ1) is 22.1. The zero-order valence-corrected chi connectivity index (χ0v) is 16.6. The molecule has 2 aliphatic rings. The lowest BCUT2D eigenvalue weighted by Gasteiger charge is -2.34. The fourth-order valence-corrected chi connectivity index (χ4v) is 3.06. The van der Waals surface area contributed by atoms with E-state index >= 15 is 0 Å². The number of ketones is 1. The van der Waals surface area contributed by atoms with Crippen molar-refractivity contribution in [1.82, 2.24) is 0 Å². The molecule has 1 N–H and O–H groups in total. The molecular weight excluding hydrogens is 291 g/mol. The Kier molecular flexibility index (Phi) is 12.5. The highest BCUT2D eigenvalue weighted by Gasteiger charge is 2.28. The molecule has 2 saturated carbocycles. The van der Waals surface area contributed by atoms with Gasteiger partial charge in [-0.15, -0.1) is 8.58 Å². The molecule has 2 nitrogen and oxygen atoms in total. The van der Waals surface area contributed by atoms with Crippen molar-refractivity contribution in [3.63, 3.8) is 0 Å². The molecule has 0 heterocycles. The van der Waals surface area contributed by atoms with Crippen LogP contribution in [0.3, 0.4) is 0 Å². The van der Waals surface area contributed by atoms with Crippen LogP contribution in [0.4, 0.5) is 0 Å². The number of hydrogen-bond donors (Lipinski definition) is 1. The number of aliphatic hydroxyl groups is 1. The highest BCUT2D eigenvalue weighted by molar-refractivity contribution is 7.35. The van der Waals surface area contributed by atoms with Gasteiger partial charge < -0.3 is 5.11 Å². The maximum Gasteiger partial charge on any atom is 0.132 e. The van der Waals surface area contributed by atoms with Gasteiger partial charge in [0.25, 0.3) is 0 Å². The highest BCUT2D eigenvalue weighted by Crippen LogP contribution is 2.38. The van der Waals surface area contributed by atoms with Crippen LogP contribution in [0.15, 0.2) is 0 Å². The van der Waals surface area contributed by atoms with Gasteiger partial charge in [-0.1, -0.05) is 33.6 Å². The maximum absolute atomic E-state index is 10.7. The van der Waals surface area contributed by atoms with E-state index in [1.165, 1.54) is 25.7 Å². The van der Waals surface area contributed by atoms with Crippen LogP contribution in [0.1, 0.15) is 85.0 Å². The lowest BCUT2D eigenvalue weighted by Crippen LogP contribution is -2.26. The lowest BCUT2D eigenvalue weighted by atomic mass is 9.73. The second-order valence-corrected chi connectivity index (χ2v) is 8.29. The Bertz CT molecular complexity index is 273. The quantitative estimate of drug-likeness (QED) is 0.687. The first-order chi connectivity index (χ1) is 10.4. The van der Waals surface area contributed by atoms with E-state index in [1.807, 2.05) is 0 Å². The summed E-state index contributed by atoms with van der Waals surface area (Å²) in [6.45, 7) is 11.1. The summed E-state index contributed by atoms with van der Waals surface area (Å²) in [5.41, 5.74) is 0.541. The van der Waals surface area contributed by atoms with E-state index in [9.17, 15) is 9.90 Å². The molecule has 0 aromatic heterocycles. The van der Waals surface area contributed by atoms with Crippen molar-refractivity contribution < 1.29 is 9.90 Å². The Labute approximate surface area is 140 Å². The van der Waals surface area contributed by atoms with Crippen LogP contribution in [0, 0.1) is 11.3 Å². The Morgan fingerprint density at radius 2 is 1.55 bits per heavy atom.